The third kappa shape index (κ3) is 15.4. The van der Waals surface area contributed by atoms with Crippen molar-refractivity contribution in [3.8, 4) is 0 Å². The zero-order valence-corrected chi connectivity index (χ0v) is 31.7. The standard InChI is InChI=1S/C45H67NO6/c1-2-3-4-5-6-7-8-9-10-11-12-13-14-15-25-32-39(46)40-41(49-33-36-26-19-16-20-27-36)42(50-34-37-28-21-17-22-29-37)43(44(52-40)45(47)48)51-35-38-30-23-18-24-31-38/h16-24,26-31,39-45,47-48H,2-15,25,32-35,46H2,1H3/t39?,40-,41+,42-,43-,44+/m1/s1. The van der Waals surface area contributed by atoms with E-state index in [0.717, 1.165) is 36.0 Å². The molecule has 288 valence electrons. The van der Waals surface area contributed by atoms with E-state index >= 15 is 0 Å². The minimum Gasteiger partial charge on any atom is -0.368 e. The molecule has 0 bridgehead atoms. The first-order chi connectivity index (χ1) is 25.6. The van der Waals surface area contributed by atoms with Crippen molar-refractivity contribution in [2.24, 2.45) is 5.73 Å². The number of rotatable bonds is 27. The molecule has 1 fully saturated rings. The summed E-state index contributed by atoms with van der Waals surface area (Å²) in [5.74, 6) is 0. The molecule has 1 saturated heterocycles. The first kappa shape index (κ1) is 42.1. The second-order valence-electron chi connectivity index (χ2n) is 14.7. The predicted octanol–water partition coefficient (Wildman–Crippen LogP) is 9.41. The first-order valence-electron chi connectivity index (χ1n) is 20.3. The van der Waals surface area contributed by atoms with Gasteiger partial charge in [-0.1, -0.05) is 194 Å². The Balaban J connectivity index is 1.35. The number of aliphatic hydroxyl groups excluding tert-OH is 1. The average molecular weight is 718 g/mol. The van der Waals surface area contributed by atoms with Crippen molar-refractivity contribution >= 4 is 0 Å². The van der Waals surface area contributed by atoms with Gasteiger partial charge in [-0.2, -0.15) is 0 Å². The monoisotopic (exact) mass is 717 g/mol. The number of unbranched alkanes of at least 4 members (excludes halogenated alkanes) is 14. The van der Waals surface area contributed by atoms with Crippen molar-refractivity contribution in [2.75, 3.05) is 0 Å². The normalized spacial score (nSPS) is 21.1. The lowest BCUT2D eigenvalue weighted by atomic mass is 9.88. The van der Waals surface area contributed by atoms with E-state index in [-0.39, 0.29) is 12.6 Å². The molecule has 0 amide bonds. The van der Waals surface area contributed by atoms with Crippen LogP contribution in [0, 0.1) is 0 Å². The lowest BCUT2D eigenvalue weighted by molar-refractivity contribution is -0.304. The highest BCUT2D eigenvalue weighted by atomic mass is 16.6. The summed E-state index contributed by atoms with van der Waals surface area (Å²) >= 11 is 0. The van der Waals surface area contributed by atoms with E-state index in [4.69, 9.17) is 24.7 Å². The predicted molar refractivity (Wildman–Crippen MR) is 209 cm³/mol. The van der Waals surface area contributed by atoms with Crippen molar-refractivity contribution in [3.63, 3.8) is 0 Å². The summed E-state index contributed by atoms with van der Waals surface area (Å²) in [5, 5.41) is 21.3. The van der Waals surface area contributed by atoms with Crippen LogP contribution in [0.1, 0.15) is 126 Å². The Morgan fingerprint density at radius 1 is 0.500 bits per heavy atom. The molecule has 52 heavy (non-hydrogen) atoms. The second kappa shape index (κ2) is 25.4. The van der Waals surface area contributed by atoms with Crippen LogP contribution in [0.4, 0.5) is 0 Å². The molecular formula is C45H67NO6. The molecule has 6 atom stereocenters. The van der Waals surface area contributed by atoms with Crippen LogP contribution in [0.5, 0.6) is 0 Å². The fourth-order valence-electron chi connectivity index (χ4n) is 7.27. The van der Waals surface area contributed by atoms with Gasteiger partial charge in [0.25, 0.3) is 0 Å². The average Bonchev–Trinajstić information content (AvgIpc) is 3.17. The van der Waals surface area contributed by atoms with Gasteiger partial charge in [-0.3, -0.25) is 0 Å². The van der Waals surface area contributed by atoms with Gasteiger partial charge in [0.05, 0.1) is 19.8 Å². The number of hydrogen-bond donors (Lipinski definition) is 3. The number of hydrogen-bond acceptors (Lipinski definition) is 7. The highest BCUT2D eigenvalue weighted by molar-refractivity contribution is 5.16. The fourth-order valence-corrected chi connectivity index (χ4v) is 7.27. The second-order valence-corrected chi connectivity index (χ2v) is 14.7. The van der Waals surface area contributed by atoms with Gasteiger partial charge < -0.3 is 34.9 Å². The Bertz CT molecular complexity index is 1280. The molecule has 0 aromatic heterocycles. The third-order valence-electron chi connectivity index (χ3n) is 10.3. The number of benzene rings is 3. The maximum absolute atomic E-state index is 10.7. The molecule has 1 aliphatic rings. The Labute approximate surface area is 314 Å². The van der Waals surface area contributed by atoms with Crippen LogP contribution in [0.25, 0.3) is 0 Å². The number of aliphatic hydroxyl groups is 2. The summed E-state index contributed by atoms with van der Waals surface area (Å²) < 4.78 is 26.3. The minimum atomic E-state index is -1.79. The Morgan fingerprint density at radius 3 is 1.23 bits per heavy atom. The van der Waals surface area contributed by atoms with Gasteiger partial charge in [-0.15, -0.1) is 0 Å². The quantitative estimate of drug-likeness (QED) is 0.0533. The molecule has 3 aromatic rings. The van der Waals surface area contributed by atoms with Crippen molar-refractivity contribution in [1.82, 2.24) is 0 Å². The summed E-state index contributed by atoms with van der Waals surface area (Å²) in [7, 11) is 0. The van der Waals surface area contributed by atoms with Gasteiger partial charge in [0, 0.05) is 6.04 Å². The largest absolute Gasteiger partial charge is 0.368 e. The van der Waals surface area contributed by atoms with E-state index in [2.05, 4.69) is 6.92 Å². The van der Waals surface area contributed by atoms with Gasteiger partial charge in [0.2, 0.25) is 0 Å². The highest BCUT2D eigenvalue weighted by Crippen LogP contribution is 2.33. The number of ether oxygens (including phenoxy) is 4. The Morgan fingerprint density at radius 2 is 0.846 bits per heavy atom. The molecular weight excluding hydrogens is 650 g/mol. The van der Waals surface area contributed by atoms with Crippen LogP contribution in [0.15, 0.2) is 91.0 Å². The van der Waals surface area contributed by atoms with Crippen LogP contribution < -0.4 is 5.73 Å². The van der Waals surface area contributed by atoms with Crippen LogP contribution >= 0.6 is 0 Å². The summed E-state index contributed by atoms with van der Waals surface area (Å²) in [5.41, 5.74) is 9.92. The van der Waals surface area contributed by atoms with Gasteiger partial charge in [-0.05, 0) is 23.1 Å². The van der Waals surface area contributed by atoms with Crippen LogP contribution in [-0.2, 0) is 38.8 Å². The SMILES string of the molecule is CCCCCCCCCCCCCCCCCC(N)[C@H]1O[C@H](C(O)O)[C@H](OCc2ccccc2)[C@H](OCc2ccccc2)[C@H]1OCc1ccccc1. The van der Waals surface area contributed by atoms with Crippen LogP contribution in [-0.4, -0.2) is 53.1 Å². The van der Waals surface area contributed by atoms with Crippen molar-refractivity contribution in [2.45, 2.75) is 172 Å². The van der Waals surface area contributed by atoms with Gasteiger partial charge in [0.1, 0.15) is 30.5 Å². The molecule has 1 heterocycles. The van der Waals surface area contributed by atoms with E-state index in [1.54, 1.807) is 0 Å². The maximum Gasteiger partial charge on any atom is 0.181 e. The zero-order chi connectivity index (χ0) is 36.6. The Kier molecular flexibility index (Phi) is 20.6. The van der Waals surface area contributed by atoms with Crippen LogP contribution in [0.2, 0.25) is 0 Å². The van der Waals surface area contributed by atoms with E-state index in [9.17, 15) is 10.2 Å². The summed E-state index contributed by atoms with van der Waals surface area (Å²) in [6.45, 7) is 3.17. The lowest BCUT2D eigenvalue weighted by Crippen LogP contribution is -2.66. The fraction of sp³-hybridized carbons (Fsp3) is 0.600. The van der Waals surface area contributed by atoms with E-state index in [0.29, 0.717) is 13.2 Å². The highest BCUT2D eigenvalue weighted by Gasteiger charge is 2.51. The molecule has 1 unspecified atom stereocenters. The molecule has 4 N–H and O–H groups in total. The summed E-state index contributed by atoms with van der Waals surface area (Å²) in [6, 6.07) is 29.4. The van der Waals surface area contributed by atoms with Crippen molar-refractivity contribution in [3.05, 3.63) is 108 Å². The van der Waals surface area contributed by atoms with Crippen LogP contribution in [0.3, 0.4) is 0 Å². The molecule has 0 spiro atoms. The van der Waals surface area contributed by atoms with Gasteiger partial charge >= 0.3 is 0 Å². The minimum absolute atomic E-state index is 0.254. The molecule has 1 aliphatic heterocycles. The molecule has 0 radical (unpaired) electrons. The molecule has 3 aromatic carbocycles. The summed E-state index contributed by atoms with van der Waals surface area (Å²) in [4.78, 5) is 0. The van der Waals surface area contributed by atoms with Crippen molar-refractivity contribution in [1.29, 1.82) is 0 Å². The van der Waals surface area contributed by atoms with Crippen molar-refractivity contribution < 1.29 is 29.2 Å². The zero-order valence-electron chi connectivity index (χ0n) is 31.7. The van der Waals surface area contributed by atoms with E-state index < -0.39 is 36.8 Å². The van der Waals surface area contributed by atoms with Gasteiger partial charge in [-0.25, -0.2) is 0 Å². The van der Waals surface area contributed by atoms with Gasteiger partial charge in [0.15, 0.2) is 6.29 Å². The number of nitrogens with two attached hydrogens (primary N) is 1. The smallest absolute Gasteiger partial charge is 0.181 e. The Hall–Kier alpha value is -2.62. The first-order valence-corrected chi connectivity index (χ1v) is 20.3. The third-order valence-corrected chi connectivity index (χ3v) is 10.3. The lowest BCUT2D eigenvalue weighted by Gasteiger charge is -2.48. The molecule has 0 aliphatic carbocycles. The summed E-state index contributed by atoms with van der Waals surface area (Å²) in [6.07, 6.45) is 14.7. The molecule has 7 heteroatoms. The molecule has 4 rings (SSSR count). The maximum atomic E-state index is 10.7. The van der Waals surface area contributed by atoms with E-state index in [1.807, 2.05) is 91.0 Å². The van der Waals surface area contributed by atoms with E-state index in [1.165, 1.54) is 83.5 Å². The molecule has 0 saturated carbocycles. The topological polar surface area (TPSA) is 103 Å². The molecule has 7 nitrogen and oxygen atoms in total.